The maximum atomic E-state index is 12.3. The van der Waals surface area contributed by atoms with E-state index in [1.54, 1.807) is 23.1 Å². The molecule has 0 bridgehead atoms. The van der Waals surface area contributed by atoms with Crippen molar-refractivity contribution in [3.63, 3.8) is 0 Å². The Morgan fingerprint density at radius 3 is 2.58 bits per heavy atom. The molecule has 7 heteroatoms. The van der Waals surface area contributed by atoms with Crippen molar-refractivity contribution in [3.8, 4) is 11.5 Å². The van der Waals surface area contributed by atoms with Crippen molar-refractivity contribution in [1.29, 1.82) is 0 Å². The van der Waals surface area contributed by atoms with E-state index in [-0.39, 0.29) is 18.8 Å². The molecule has 2 amide bonds. The van der Waals surface area contributed by atoms with Crippen LogP contribution in [0.1, 0.15) is 44.0 Å². The Morgan fingerprint density at radius 2 is 1.88 bits per heavy atom. The Hall–Kier alpha value is -2.44. The van der Waals surface area contributed by atoms with E-state index in [2.05, 4.69) is 5.32 Å². The average molecular weight is 362 g/mol. The van der Waals surface area contributed by atoms with E-state index in [0.29, 0.717) is 42.6 Å². The van der Waals surface area contributed by atoms with Crippen molar-refractivity contribution in [1.82, 2.24) is 10.2 Å². The van der Waals surface area contributed by atoms with Gasteiger partial charge < -0.3 is 24.4 Å². The number of nitrogens with one attached hydrogen (secondary N) is 1. The van der Waals surface area contributed by atoms with Crippen LogP contribution in [0.2, 0.25) is 0 Å². The SMILES string of the molecule is CC(C)(C)OC(=O)N1CCC(CNC(=O)c2ccc3c(c2)OCO3)CC1. The number of amides is 2. The third-order valence-electron chi connectivity index (χ3n) is 4.45. The van der Waals surface area contributed by atoms with Crippen LogP contribution in [0, 0.1) is 5.92 Å². The van der Waals surface area contributed by atoms with Crippen molar-refractivity contribution in [2.45, 2.75) is 39.2 Å². The molecule has 2 heterocycles. The Labute approximate surface area is 153 Å². The van der Waals surface area contributed by atoms with Crippen LogP contribution in [0.4, 0.5) is 4.79 Å². The predicted octanol–water partition coefficient (Wildman–Crippen LogP) is 2.79. The molecule has 0 radical (unpaired) electrons. The standard InChI is InChI=1S/C19H26N2O5/c1-19(2,3)26-18(23)21-8-6-13(7-9-21)11-20-17(22)14-4-5-15-16(10-14)25-12-24-15/h4-5,10,13H,6-9,11-12H2,1-3H3,(H,20,22). The largest absolute Gasteiger partial charge is 0.454 e. The van der Waals surface area contributed by atoms with Gasteiger partial charge >= 0.3 is 6.09 Å². The van der Waals surface area contributed by atoms with E-state index in [1.165, 1.54) is 0 Å². The molecule has 0 unspecified atom stereocenters. The van der Waals surface area contributed by atoms with Gasteiger partial charge in [-0.15, -0.1) is 0 Å². The minimum atomic E-state index is -0.480. The first kappa shape index (κ1) is 18.4. The minimum absolute atomic E-state index is 0.127. The van der Waals surface area contributed by atoms with Gasteiger partial charge in [0.25, 0.3) is 5.91 Å². The number of hydrogen-bond acceptors (Lipinski definition) is 5. The van der Waals surface area contributed by atoms with Crippen molar-refractivity contribution in [2.75, 3.05) is 26.4 Å². The monoisotopic (exact) mass is 362 g/mol. The van der Waals surface area contributed by atoms with E-state index in [1.807, 2.05) is 20.8 Å². The summed E-state index contributed by atoms with van der Waals surface area (Å²) in [6, 6.07) is 5.17. The fourth-order valence-electron chi connectivity index (χ4n) is 3.02. The van der Waals surface area contributed by atoms with Crippen LogP contribution in [0.15, 0.2) is 18.2 Å². The topological polar surface area (TPSA) is 77.1 Å². The summed E-state index contributed by atoms with van der Waals surface area (Å²) in [4.78, 5) is 26.1. The number of fused-ring (bicyclic) bond motifs is 1. The number of carbonyl (C=O) groups is 2. The van der Waals surface area contributed by atoms with Crippen LogP contribution in [-0.2, 0) is 4.74 Å². The molecule has 1 aromatic rings. The third kappa shape index (κ3) is 4.59. The van der Waals surface area contributed by atoms with Crippen molar-refractivity contribution in [3.05, 3.63) is 23.8 Å². The van der Waals surface area contributed by atoms with E-state index in [4.69, 9.17) is 14.2 Å². The molecule has 7 nitrogen and oxygen atoms in total. The molecule has 2 aliphatic heterocycles. The molecule has 0 saturated carbocycles. The Morgan fingerprint density at radius 1 is 1.19 bits per heavy atom. The number of likely N-dealkylation sites (tertiary alicyclic amines) is 1. The maximum absolute atomic E-state index is 12.3. The highest BCUT2D eigenvalue weighted by atomic mass is 16.7. The molecule has 1 N–H and O–H groups in total. The highest BCUT2D eigenvalue weighted by Crippen LogP contribution is 2.32. The first-order valence-corrected chi connectivity index (χ1v) is 8.97. The lowest BCUT2D eigenvalue weighted by molar-refractivity contribution is 0.0183. The summed E-state index contributed by atoms with van der Waals surface area (Å²) in [6.07, 6.45) is 1.43. The van der Waals surface area contributed by atoms with Gasteiger partial charge in [0.1, 0.15) is 5.60 Å². The van der Waals surface area contributed by atoms with Crippen LogP contribution in [0.3, 0.4) is 0 Å². The van der Waals surface area contributed by atoms with Crippen LogP contribution in [0.5, 0.6) is 11.5 Å². The minimum Gasteiger partial charge on any atom is -0.454 e. The lowest BCUT2D eigenvalue weighted by Crippen LogP contribution is -2.43. The number of carbonyl (C=O) groups excluding carboxylic acids is 2. The molecule has 1 fully saturated rings. The first-order valence-electron chi connectivity index (χ1n) is 8.97. The molecule has 0 aliphatic carbocycles. The first-order chi connectivity index (χ1) is 12.3. The zero-order valence-corrected chi connectivity index (χ0v) is 15.5. The third-order valence-corrected chi connectivity index (χ3v) is 4.45. The van der Waals surface area contributed by atoms with Gasteiger partial charge in [0.15, 0.2) is 11.5 Å². The predicted molar refractivity (Wildman–Crippen MR) is 95.4 cm³/mol. The van der Waals surface area contributed by atoms with E-state index in [9.17, 15) is 9.59 Å². The van der Waals surface area contributed by atoms with Gasteiger partial charge in [0, 0.05) is 25.2 Å². The number of benzene rings is 1. The lowest BCUT2D eigenvalue weighted by Gasteiger charge is -2.33. The van der Waals surface area contributed by atoms with Gasteiger partial charge in [0.05, 0.1) is 0 Å². The maximum Gasteiger partial charge on any atom is 0.410 e. The summed E-state index contributed by atoms with van der Waals surface area (Å²) in [6.45, 7) is 7.68. The fraction of sp³-hybridized carbons (Fsp3) is 0.579. The summed E-state index contributed by atoms with van der Waals surface area (Å²) in [7, 11) is 0. The number of rotatable bonds is 3. The summed E-state index contributed by atoms with van der Waals surface area (Å²) >= 11 is 0. The van der Waals surface area contributed by atoms with Gasteiger partial charge in [-0.05, 0) is 57.7 Å². The zero-order chi connectivity index (χ0) is 18.7. The second-order valence-corrected chi connectivity index (χ2v) is 7.69. The highest BCUT2D eigenvalue weighted by molar-refractivity contribution is 5.94. The number of nitrogens with zero attached hydrogens (tertiary/aromatic N) is 1. The van der Waals surface area contributed by atoms with Crippen LogP contribution < -0.4 is 14.8 Å². The fourth-order valence-corrected chi connectivity index (χ4v) is 3.02. The van der Waals surface area contributed by atoms with Crippen LogP contribution >= 0.6 is 0 Å². The molecule has 142 valence electrons. The smallest absolute Gasteiger partial charge is 0.410 e. The summed E-state index contributed by atoms with van der Waals surface area (Å²) in [5.41, 5.74) is 0.0763. The lowest BCUT2D eigenvalue weighted by atomic mass is 9.97. The van der Waals surface area contributed by atoms with Gasteiger partial charge in [-0.25, -0.2) is 4.79 Å². The molecule has 3 rings (SSSR count). The second-order valence-electron chi connectivity index (χ2n) is 7.69. The van der Waals surface area contributed by atoms with Gasteiger partial charge in [-0.2, -0.15) is 0 Å². The van der Waals surface area contributed by atoms with Crippen LogP contribution in [0.25, 0.3) is 0 Å². The summed E-state index contributed by atoms with van der Waals surface area (Å²) in [5, 5.41) is 2.97. The highest BCUT2D eigenvalue weighted by Gasteiger charge is 2.27. The molecule has 1 aromatic carbocycles. The molecular weight excluding hydrogens is 336 g/mol. The summed E-state index contributed by atoms with van der Waals surface area (Å²) in [5.74, 6) is 1.49. The average Bonchev–Trinajstić information content (AvgIpc) is 3.06. The normalized spacial score (nSPS) is 17.1. The Bertz CT molecular complexity index is 675. The van der Waals surface area contributed by atoms with Gasteiger partial charge in [0.2, 0.25) is 6.79 Å². The van der Waals surface area contributed by atoms with E-state index in [0.717, 1.165) is 12.8 Å². The molecule has 0 aromatic heterocycles. The molecule has 2 aliphatic rings. The molecule has 0 atom stereocenters. The van der Waals surface area contributed by atoms with Crippen molar-refractivity contribution >= 4 is 12.0 Å². The quantitative estimate of drug-likeness (QED) is 0.895. The Kier molecular flexibility index (Phi) is 5.25. The van der Waals surface area contributed by atoms with Gasteiger partial charge in [-0.1, -0.05) is 0 Å². The summed E-state index contributed by atoms with van der Waals surface area (Å²) < 4.78 is 16.0. The number of hydrogen-bond donors (Lipinski definition) is 1. The van der Waals surface area contributed by atoms with Crippen molar-refractivity contribution < 1.29 is 23.8 Å². The Balaban J connectivity index is 1.44. The van der Waals surface area contributed by atoms with Gasteiger partial charge in [-0.3, -0.25) is 4.79 Å². The molecule has 1 saturated heterocycles. The molecule has 26 heavy (non-hydrogen) atoms. The van der Waals surface area contributed by atoms with Crippen molar-refractivity contribution in [2.24, 2.45) is 5.92 Å². The zero-order valence-electron chi connectivity index (χ0n) is 15.5. The second kappa shape index (κ2) is 7.43. The number of piperidine rings is 1. The van der Waals surface area contributed by atoms with E-state index < -0.39 is 5.60 Å². The molecule has 0 spiro atoms. The van der Waals surface area contributed by atoms with E-state index >= 15 is 0 Å². The number of ether oxygens (including phenoxy) is 3. The molecular formula is C19H26N2O5. The van der Waals surface area contributed by atoms with Crippen LogP contribution in [-0.4, -0.2) is 48.9 Å².